The van der Waals surface area contributed by atoms with Crippen molar-refractivity contribution in [1.82, 2.24) is 20.1 Å². The zero-order chi connectivity index (χ0) is 18.7. The minimum absolute atomic E-state index is 0.125. The van der Waals surface area contributed by atoms with Crippen molar-refractivity contribution in [3.63, 3.8) is 0 Å². The molecule has 7 nitrogen and oxygen atoms in total. The lowest BCUT2D eigenvalue weighted by molar-refractivity contribution is -0.150. The van der Waals surface area contributed by atoms with E-state index in [0.29, 0.717) is 12.4 Å². The van der Waals surface area contributed by atoms with Crippen LogP contribution in [-0.4, -0.2) is 32.2 Å². The Kier molecular flexibility index (Phi) is 4.92. The van der Waals surface area contributed by atoms with Gasteiger partial charge in [-0.1, -0.05) is 30.3 Å². The molecule has 1 saturated heterocycles. The summed E-state index contributed by atoms with van der Waals surface area (Å²) in [5, 5.41) is 11.0. The van der Waals surface area contributed by atoms with Crippen LogP contribution in [0.4, 0.5) is 0 Å². The van der Waals surface area contributed by atoms with Gasteiger partial charge in [0.1, 0.15) is 11.9 Å². The van der Waals surface area contributed by atoms with Crippen LogP contribution >= 0.6 is 0 Å². The number of amides is 1. The van der Waals surface area contributed by atoms with Crippen LogP contribution in [-0.2, 0) is 33.8 Å². The molecule has 7 heteroatoms. The number of rotatable bonds is 6. The van der Waals surface area contributed by atoms with Crippen LogP contribution in [0.25, 0.3) is 0 Å². The van der Waals surface area contributed by atoms with Gasteiger partial charge in [0.05, 0.1) is 18.9 Å². The summed E-state index contributed by atoms with van der Waals surface area (Å²) in [5.41, 5.74) is 0.660. The number of nitrogens with one attached hydrogen (secondary N) is 1. The van der Waals surface area contributed by atoms with Crippen molar-refractivity contribution in [2.75, 3.05) is 0 Å². The number of carbonyl (C=O) groups is 2. The Bertz CT molecular complexity index is 812. The first kappa shape index (κ1) is 17.7. The second kappa shape index (κ2) is 7.50. The topological polar surface area (TPSA) is 86.1 Å². The van der Waals surface area contributed by atoms with E-state index in [0.717, 1.165) is 38.6 Å². The van der Waals surface area contributed by atoms with Crippen molar-refractivity contribution in [3.8, 4) is 0 Å². The summed E-state index contributed by atoms with van der Waals surface area (Å²) >= 11 is 0. The number of nitrogens with zero attached hydrogens (tertiary/aromatic N) is 3. The highest BCUT2D eigenvalue weighted by Crippen LogP contribution is 2.45. The minimum Gasteiger partial charge on any atom is -0.458 e. The average Bonchev–Trinajstić information content (AvgIpc) is 3.40. The van der Waals surface area contributed by atoms with Gasteiger partial charge in [-0.15, -0.1) is 10.2 Å². The molecule has 2 heterocycles. The molecule has 1 amide bonds. The van der Waals surface area contributed by atoms with Crippen LogP contribution in [0, 0.1) is 5.92 Å². The Morgan fingerprint density at radius 3 is 2.81 bits per heavy atom. The molecular weight excluding hydrogens is 344 g/mol. The number of hydrogen-bond donors (Lipinski definition) is 1. The molecule has 1 aliphatic carbocycles. The third-order valence-corrected chi connectivity index (χ3v) is 5.69. The van der Waals surface area contributed by atoms with E-state index in [9.17, 15) is 9.59 Å². The maximum absolute atomic E-state index is 12.7. The summed E-state index contributed by atoms with van der Waals surface area (Å²) in [6, 6.07) is 10.2. The summed E-state index contributed by atoms with van der Waals surface area (Å²) in [5.74, 6) is -0.0679. The summed E-state index contributed by atoms with van der Waals surface area (Å²) in [6.07, 6.45) is 6.30. The molecule has 1 aliphatic heterocycles. The predicted octanol–water partition coefficient (Wildman–Crippen LogP) is 2.01. The Balaban J connectivity index is 1.36. The van der Waals surface area contributed by atoms with Crippen LogP contribution in [0.5, 0.6) is 0 Å². The second-order valence-electron chi connectivity index (χ2n) is 7.40. The molecule has 1 aromatic carbocycles. The highest BCUT2D eigenvalue weighted by atomic mass is 16.6. The van der Waals surface area contributed by atoms with E-state index in [4.69, 9.17) is 4.74 Å². The monoisotopic (exact) mass is 368 g/mol. The SMILES string of the molecule is O=C1C[C@@H](C(=O)NCc2nncn2CCc2ccccc2)C2(CCCC2)O1. The molecule has 2 aromatic rings. The van der Waals surface area contributed by atoms with E-state index < -0.39 is 11.5 Å². The first-order valence-electron chi connectivity index (χ1n) is 9.56. The molecule has 2 aliphatic rings. The van der Waals surface area contributed by atoms with Crippen molar-refractivity contribution < 1.29 is 14.3 Å². The average molecular weight is 368 g/mol. The molecule has 142 valence electrons. The lowest BCUT2D eigenvalue weighted by Crippen LogP contribution is -2.42. The van der Waals surface area contributed by atoms with Crippen LogP contribution in [0.1, 0.15) is 43.5 Å². The summed E-state index contributed by atoms with van der Waals surface area (Å²) in [7, 11) is 0. The smallest absolute Gasteiger partial charge is 0.307 e. The number of aromatic nitrogens is 3. The van der Waals surface area contributed by atoms with E-state index in [1.807, 2.05) is 22.8 Å². The van der Waals surface area contributed by atoms with Crippen LogP contribution in [0.15, 0.2) is 36.7 Å². The maximum Gasteiger partial charge on any atom is 0.307 e. The summed E-state index contributed by atoms with van der Waals surface area (Å²) in [6.45, 7) is 1.05. The fourth-order valence-electron chi connectivity index (χ4n) is 4.23. The Labute approximate surface area is 158 Å². The Hall–Kier alpha value is -2.70. The summed E-state index contributed by atoms with van der Waals surface area (Å²) < 4.78 is 7.51. The molecule has 4 rings (SSSR count). The molecule has 2 fully saturated rings. The van der Waals surface area contributed by atoms with Crippen molar-refractivity contribution in [2.45, 2.75) is 57.2 Å². The third kappa shape index (κ3) is 3.72. The number of carbonyl (C=O) groups excluding carboxylic acids is 2. The van der Waals surface area contributed by atoms with E-state index in [-0.39, 0.29) is 18.3 Å². The van der Waals surface area contributed by atoms with Gasteiger partial charge in [-0.2, -0.15) is 0 Å². The van der Waals surface area contributed by atoms with Gasteiger partial charge in [-0.25, -0.2) is 0 Å². The van der Waals surface area contributed by atoms with E-state index >= 15 is 0 Å². The van der Waals surface area contributed by atoms with Crippen molar-refractivity contribution >= 4 is 11.9 Å². The highest BCUT2D eigenvalue weighted by Gasteiger charge is 2.53. The number of aryl methyl sites for hydroxylation is 2. The van der Waals surface area contributed by atoms with Gasteiger partial charge >= 0.3 is 5.97 Å². The maximum atomic E-state index is 12.7. The van der Waals surface area contributed by atoms with Crippen LogP contribution in [0.2, 0.25) is 0 Å². The van der Waals surface area contributed by atoms with Gasteiger partial charge in [0.15, 0.2) is 5.82 Å². The molecule has 0 radical (unpaired) electrons. The van der Waals surface area contributed by atoms with Crippen LogP contribution < -0.4 is 5.32 Å². The number of hydrogen-bond acceptors (Lipinski definition) is 5. The largest absolute Gasteiger partial charge is 0.458 e. The zero-order valence-electron chi connectivity index (χ0n) is 15.3. The van der Waals surface area contributed by atoms with E-state index in [2.05, 4.69) is 27.6 Å². The van der Waals surface area contributed by atoms with E-state index in [1.54, 1.807) is 6.33 Å². The number of ether oxygens (including phenoxy) is 1. The molecule has 0 unspecified atom stereocenters. The molecule has 1 aromatic heterocycles. The van der Waals surface area contributed by atoms with Gasteiger partial charge in [0.2, 0.25) is 5.91 Å². The summed E-state index contributed by atoms with van der Waals surface area (Å²) in [4.78, 5) is 24.5. The van der Waals surface area contributed by atoms with Gasteiger partial charge < -0.3 is 14.6 Å². The predicted molar refractivity (Wildman–Crippen MR) is 97.4 cm³/mol. The zero-order valence-corrected chi connectivity index (χ0v) is 15.3. The quantitative estimate of drug-likeness (QED) is 0.789. The molecule has 27 heavy (non-hydrogen) atoms. The van der Waals surface area contributed by atoms with Crippen molar-refractivity contribution in [3.05, 3.63) is 48.0 Å². The Morgan fingerprint density at radius 1 is 1.26 bits per heavy atom. The fourth-order valence-corrected chi connectivity index (χ4v) is 4.23. The van der Waals surface area contributed by atoms with Crippen molar-refractivity contribution in [2.24, 2.45) is 5.92 Å². The molecule has 1 saturated carbocycles. The molecular formula is C20H24N4O3. The standard InChI is InChI=1S/C20H24N4O3/c25-18-12-16(20(27-18)9-4-5-10-20)19(26)21-13-17-23-22-14-24(17)11-8-15-6-2-1-3-7-15/h1-3,6-7,14,16H,4-5,8-13H2,(H,21,26)/t16-/m0/s1. The van der Waals surface area contributed by atoms with Gasteiger partial charge in [0.25, 0.3) is 0 Å². The number of benzene rings is 1. The third-order valence-electron chi connectivity index (χ3n) is 5.69. The Morgan fingerprint density at radius 2 is 2.04 bits per heavy atom. The first-order valence-corrected chi connectivity index (χ1v) is 9.56. The van der Waals surface area contributed by atoms with Gasteiger partial charge in [0, 0.05) is 6.54 Å². The molecule has 0 bridgehead atoms. The van der Waals surface area contributed by atoms with Gasteiger partial charge in [-0.05, 0) is 37.7 Å². The number of esters is 1. The molecule has 1 spiro atoms. The van der Waals surface area contributed by atoms with Crippen LogP contribution in [0.3, 0.4) is 0 Å². The van der Waals surface area contributed by atoms with Crippen molar-refractivity contribution in [1.29, 1.82) is 0 Å². The molecule has 1 N–H and O–H groups in total. The normalized spacial score (nSPS) is 20.7. The fraction of sp³-hybridized carbons (Fsp3) is 0.500. The lowest BCUT2D eigenvalue weighted by atomic mass is 9.85. The lowest BCUT2D eigenvalue weighted by Gasteiger charge is -2.27. The minimum atomic E-state index is -0.581. The molecule has 1 atom stereocenters. The second-order valence-corrected chi connectivity index (χ2v) is 7.40. The first-order chi connectivity index (χ1) is 13.2. The highest BCUT2D eigenvalue weighted by molar-refractivity contribution is 5.87. The van der Waals surface area contributed by atoms with E-state index in [1.165, 1.54) is 5.56 Å². The van der Waals surface area contributed by atoms with Gasteiger partial charge in [-0.3, -0.25) is 9.59 Å².